The summed E-state index contributed by atoms with van der Waals surface area (Å²) in [6.07, 6.45) is 4.91. The highest BCUT2D eigenvalue weighted by molar-refractivity contribution is 14.1. The molecular formula is C24H23F2IN4O4S. The van der Waals surface area contributed by atoms with Crippen molar-refractivity contribution in [2.75, 3.05) is 11.9 Å². The molecule has 1 fully saturated rings. The van der Waals surface area contributed by atoms with Crippen molar-refractivity contribution in [1.29, 1.82) is 0 Å². The van der Waals surface area contributed by atoms with Crippen molar-refractivity contribution >= 4 is 49.9 Å². The molecule has 1 amide bonds. The van der Waals surface area contributed by atoms with Crippen LogP contribution in [0.25, 0.3) is 0 Å². The van der Waals surface area contributed by atoms with Crippen molar-refractivity contribution < 1.29 is 26.8 Å². The van der Waals surface area contributed by atoms with Gasteiger partial charge in [-0.15, -0.1) is 0 Å². The Morgan fingerprint density at radius 2 is 1.97 bits per heavy atom. The smallest absolute Gasteiger partial charge is 0.277 e. The molecular weight excluding hydrogens is 605 g/mol. The Hall–Kier alpha value is -2.68. The Kier molecular flexibility index (Phi) is 8.17. The highest BCUT2D eigenvalue weighted by Crippen LogP contribution is 2.33. The summed E-state index contributed by atoms with van der Waals surface area (Å²) in [6, 6.07) is 9.25. The minimum Gasteiger partial charge on any atom is -0.352 e. The summed E-state index contributed by atoms with van der Waals surface area (Å²) >= 11 is 2.11. The predicted octanol–water partition coefficient (Wildman–Crippen LogP) is 4.57. The van der Waals surface area contributed by atoms with Crippen LogP contribution >= 0.6 is 22.6 Å². The fourth-order valence-electron chi connectivity index (χ4n) is 3.32. The van der Waals surface area contributed by atoms with Gasteiger partial charge in [0, 0.05) is 28.2 Å². The van der Waals surface area contributed by atoms with Crippen LogP contribution in [0, 0.1) is 28.0 Å². The number of sulfonamides is 1. The number of hydroxylamine groups is 1. The zero-order valence-electron chi connectivity index (χ0n) is 19.1. The molecule has 1 heterocycles. The number of rotatable bonds is 10. The average molecular weight is 628 g/mol. The van der Waals surface area contributed by atoms with Gasteiger partial charge in [-0.3, -0.25) is 14.6 Å². The molecule has 1 aliphatic rings. The van der Waals surface area contributed by atoms with Gasteiger partial charge < -0.3 is 5.32 Å². The summed E-state index contributed by atoms with van der Waals surface area (Å²) in [5.41, 5.74) is 2.93. The van der Waals surface area contributed by atoms with E-state index in [4.69, 9.17) is 4.84 Å². The number of hydrogen-bond acceptors (Lipinski definition) is 6. The Morgan fingerprint density at radius 3 is 2.64 bits per heavy atom. The lowest BCUT2D eigenvalue weighted by atomic mass is 10.1. The maximum atomic E-state index is 15.4. The van der Waals surface area contributed by atoms with Gasteiger partial charge in [-0.25, -0.2) is 27.4 Å². The highest BCUT2D eigenvalue weighted by atomic mass is 127. The number of aryl methyl sites for hydroxylation is 1. The molecule has 0 aliphatic heterocycles. The second-order valence-electron chi connectivity index (χ2n) is 8.38. The van der Waals surface area contributed by atoms with E-state index in [2.05, 4.69) is 43.1 Å². The van der Waals surface area contributed by atoms with E-state index in [0.717, 1.165) is 22.5 Å². The summed E-state index contributed by atoms with van der Waals surface area (Å²) in [6.45, 7) is 1.83. The first-order valence-electron chi connectivity index (χ1n) is 11.0. The van der Waals surface area contributed by atoms with Crippen molar-refractivity contribution in [3.8, 4) is 0 Å². The van der Waals surface area contributed by atoms with Crippen LogP contribution in [0.2, 0.25) is 0 Å². The van der Waals surface area contributed by atoms with Crippen molar-refractivity contribution in [2.24, 2.45) is 5.92 Å². The number of pyridine rings is 1. The van der Waals surface area contributed by atoms with Crippen LogP contribution in [-0.4, -0.2) is 25.9 Å². The number of carbonyl (C=O) groups excluding carboxylic acids is 1. The van der Waals surface area contributed by atoms with Crippen LogP contribution in [0.15, 0.2) is 53.7 Å². The fraction of sp³-hybridized carbons (Fsp3) is 0.250. The molecule has 1 aromatic heterocycles. The van der Waals surface area contributed by atoms with E-state index < -0.39 is 43.7 Å². The second-order valence-corrected chi connectivity index (χ2v) is 11.4. The van der Waals surface area contributed by atoms with Gasteiger partial charge in [0.15, 0.2) is 11.6 Å². The third-order valence-electron chi connectivity index (χ3n) is 5.53. The topological polar surface area (TPSA) is 109 Å². The molecule has 4 rings (SSSR count). The Balaban J connectivity index is 1.70. The van der Waals surface area contributed by atoms with Gasteiger partial charge in [-0.1, -0.05) is 6.07 Å². The monoisotopic (exact) mass is 628 g/mol. The van der Waals surface area contributed by atoms with E-state index >= 15 is 8.78 Å². The highest BCUT2D eigenvalue weighted by Gasteiger charge is 2.30. The van der Waals surface area contributed by atoms with Crippen LogP contribution in [0.5, 0.6) is 0 Å². The third kappa shape index (κ3) is 6.35. The molecule has 12 heteroatoms. The van der Waals surface area contributed by atoms with Crippen LogP contribution in [0.4, 0.5) is 20.2 Å². The second kappa shape index (κ2) is 11.2. The van der Waals surface area contributed by atoms with Crippen LogP contribution < -0.4 is 15.5 Å². The van der Waals surface area contributed by atoms with Gasteiger partial charge in [0.1, 0.15) is 4.90 Å². The summed E-state index contributed by atoms with van der Waals surface area (Å²) in [7, 11) is -4.54. The zero-order chi connectivity index (χ0) is 25.9. The van der Waals surface area contributed by atoms with Gasteiger partial charge in [0.2, 0.25) is 10.0 Å². The molecule has 1 saturated carbocycles. The molecule has 3 N–H and O–H groups in total. The number of aromatic nitrogens is 1. The minimum atomic E-state index is -4.54. The van der Waals surface area contributed by atoms with Gasteiger partial charge in [0.25, 0.3) is 5.91 Å². The maximum absolute atomic E-state index is 15.4. The lowest BCUT2D eigenvalue weighted by Gasteiger charge is -2.18. The van der Waals surface area contributed by atoms with Gasteiger partial charge in [-0.2, -0.15) is 0 Å². The van der Waals surface area contributed by atoms with Crippen molar-refractivity contribution in [3.63, 3.8) is 0 Å². The number of nitrogens with one attached hydrogen (secondary N) is 3. The van der Waals surface area contributed by atoms with E-state index in [1.807, 2.05) is 6.07 Å². The number of anilines is 2. The molecule has 0 atom stereocenters. The number of nitrogens with zero attached hydrogens (tertiary/aromatic N) is 1. The fourth-order valence-corrected chi connectivity index (χ4v) is 5.08. The zero-order valence-corrected chi connectivity index (χ0v) is 22.1. The molecule has 0 spiro atoms. The first kappa shape index (κ1) is 26.4. The third-order valence-corrected chi connectivity index (χ3v) is 7.60. The molecule has 0 unspecified atom stereocenters. The molecule has 0 bridgehead atoms. The number of carbonyl (C=O) groups is 1. The number of benzene rings is 2. The summed E-state index contributed by atoms with van der Waals surface area (Å²) in [5.74, 6) is -3.71. The average Bonchev–Trinajstić information content (AvgIpc) is 3.67. The van der Waals surface area contributed by atoms with E-state index in [1.165, 1.54) is 12.4 Å². The van der Waals surface area contributed by atoms with Crippen LogP contribution in [0.3, 0.4) is 0 Å². The summed E-state index contributed by atoms with van der Waals surface area (Å²) < 4.78 is 59.5. The quantitative estimate of drug-likeness (QED) is 0.224. The Morgan fingerprint density at radius 1 is 1.19 bits per heavy atom. The van der Waals surface area contributed by atoms with Crippen molar-refractivity contribution in [3.05, 3.63) is 80.7 Å². The predicted molar refractivity (Wildman–Crippen MR) is 138 cm³/mol. The van der Waals surface area contributed by atoms with Gasteiger partial charge in [-0.05, 0) is 89.7 Å². The normalized spacial score (nSPS) is 13.4. The lowest BCUT2D eigenvalue weighted by Crippen LogP contribution is -2.28. The summed E-state index contributed by atoms with van der Waals surface area (Å²) in [4.78, 5) is 21.0. The number of halogens is 3. The molecule has 190 valence electrons. The molecule has 0 radical (unpaired) electrons. The van der Waals surface area contributed by atoms with Crippen molar-refractivity contribution in [1.82, 2.24) is 15.2 Å². The molecule has 2 aromatic carbocycles. The van der Waals surface area contributed by atoms with E-state index in [1.54, 1.807) is 31.2 Å². The van der Waals surface area contributed by atoms with Gasteiger partial charge in [0.05, 0.1) is 17.9 Å². The van der Waals surface area contributed by atoms with Crippen LogP contribution in [-0.2, 0) is 21.4 Å². The number of amides is 1. The van der Waals surface area contributed by atoms with Gasteiger partial charge >= 0.3 is 0 Å². The number of hydrogen-bond donors (Lipinski definition) is 3. The van der Waals surface area contributed by atoms with E-state index in [9.17, 15) is 13.2 Å². The SMILES string of the molecule is Cc1cc(I)ccc1Nc1c(C(=O)NOCC2CC2)cc(S(=O)(=O)NCc2cccnc2)c(F)c1F. The first-order valence-corrected chi connectivity index (χ1v) is 13.6. The summed E-state index contributed by atoms with van der Waals surface area (Å²) in [5, 5.41) is 2.75. The largest absolute Gasteiger partial charge is 0.352 e. The van der Waals surface area contributed by atoms with E-state index in [-0.39, 0.29) is 13.2 Å². The maximum Gasteiger partial charge on any atom is 0.277 e. The Bertz CT molecular complexity index is 1390. The molecule has 1 aliphatic carbocycles. The molecule has 8 nitrogen and oxygen atoms in total. The van der Waals surface area contributed by atoms with Crippen LogP contribution in [0.1, 0.15) is 34.3 Å². The van der Waals surface area contributed by atoms with Crippen molar-refractivity contribution in [2.45, 2.75) is 31.2 Å². The first-order chi connectivity index (χ1) is 17.2. The standard InChI is InChI=1S/C24H23F2IN4O4S/c1-14-9-17(27)6-7-19(14)30-23-18(24(32)31-35-13-15-4-5-15)10-20(21(25)22(23)26)36(33,34)29-12-16-3-2-8-28-11-16/h2-3,6-11,15,29-30H,4-5,12-13H2,1H3,(H,31,32). The lowest BCUT2D eigenvalue weighted by molar-refractivity contribution is 0.0270. The minimum absolute atomic E-state index is 0.203. The Labute approximate surface area is 221 Å². The van der Waals surface area contributed by atoms with E-state index in [0.29, 0.717) is 22.7 Å². The molecule has 36 heavy (non-hydrogen) atoms. The molecule has 3 aromatic rings. The molecule has 0 saturated heterocycles.